The van der Waals surface area contributed by atoms with E-state index in [1.807, 2.05) is 13.0 Å². The van der Waals surface area contributed by atoms with Crippen LogP contribution in [0.15, 0.2) is 18.2 Å². The van der Waals surface area contributed by atoms with Crippen LogP contribution < -0.4 is 16.0 Å². The molecule has 0 aliphatic heterocycles. The number of rotatable bonds is 10. The van der Waals surface area contributed by atoms with Crippen LogP contribution in [0.2, 0.25) is 0 Å². The number of ether oxygens (including phenoxy) is 2. The highest BCUT2D eigenvalue weighted by atomic mass is 16.6. The Bertz CT molecular complexity index is 1110. The summed E-state index contributed by atoms with van der Waals surface area (Å²) >= 11 is 0. The number of hydrogen-bond donors (Lipinski definition) is 4. The summed E-state index contributed by atoms with van der Waals surface area (Å²) < 4.78 is 9.93. The number of aryl methyl sites for hydroxylation is 4. The molecule has 0 saturated heterocycles. The number of aromatic nitrogens is 2. The van der Waals surface area contributed by atoms with E-state index in [4.69, 9.17) is 9.47 Å². The van der Waals surface area contributed by atoms with E-state index in [0.717, 1.165) is 24.0 Å². The third-order valence-electron chi connectivity index (χ3n) is 5.38. The molecule has 2 aromatic rings. The molecular weight excluding hydrogens is 478 g/mol. The largest absolute Gasteiger partial charge is 0.508 e. The summed E-state index contributed by atoms with van der Waals surface area (Å²) in [5.41, 5.74) is 2.57. The number of alkyl carbamates (subject to hydrolysis) is 1. The summed E-state index contributed by atoms with van der Waals surface area (Å²) in [5.74, 6) is -0.662. The topological polar surface area (TPSA) is 152 Å². The molecule has 0 unspecified atom stereocenters. The van der Waals surface area contributed by atoms with Gasteiger partial charge in [-0.3, -0.25) is 4.79 Å². The molecule has 1 aromatic carbocycles. The molecule has 0 bridgehead atoms. The minimum atomic E-state index is -1.14. The lowest BCUT2D eigenvalue weighted by Gasteiger charge is -2.22. The number of nitrogens with one attached hydrogen (secondary N) is 3. The van der Waals surface area contributed by atoms with Crippen LogP contribution in [0, 0.1) is 20.8 Å². The minimum absolute atomic E-state index is 0.218. The van der Waals surface area contributed by atoms with E-state index in [1.54, 1.807) is 46.8 Å². The van der Waals surface area contributed by atoms with E-state index in [-0.39, 0.29) is 17.9 Å². The fourth-order valence-corrected chi connectivity index (χ4v) is 3.60. The van der Waals surface area contributed by atoms with Crippen LogP contribution in [-0.2, 0) is 20.7 Å². The van der Waals surface area contributed by atoms with Gasteiger partial charge in [-0.15, -0.1) is 0 Å². The van der Waals surface area contributed by atoms with Gasteiger partial charge < -0.3 is 30.5 Å². The van der Waals surface area contributed by atoms with Crippen molar-refractivity contribution in [2.45, 2.75) is 66.0 Å². The second-order valence-corrected chi connectivity index (χ2v) is 9.67. The van der Waals surface area contributed by atoms with Gasteiger partial charge in [0.25, 0.3) is 5.91 Å². The highest BCUT2D eigenvalue weighted by Crippen LogP contribution is 2.18. The normalized spacial score (nSPS) is 11.9. The smallest absolute Gasteiger partial charge is 0.407 e. The molecule has 0 radical (unpaired) electrons. The zero-order valence-corrected chi connectivity index (χ0v) is 22.5. The number of nitrogens with zero attached hydrogens (tertiary/aromatic N) is 2. The van der Waals surface area contributed by atoms with Crippen LogP contribution in [0.3, 0.4) is 0 Å². The first-order valence-corrected chi connectivity index (χ1v) is 12.0. The Balaban J connectivity index is 2.00. The molecule has 0 spiro atoms. The van der Waals surface area contributed by atoms with Gasteiger partial charge in [-0.05, 0) is 77.6 Å². The maximum absolute atomic E-state index is 13.0. The molecule has 2 rings (SSSR count). The Hall–Kier alpha value is -3.89. The van der Waals surface area contributed by atoms with Crippen molar-refractivity contribution in [3.05, 3.63) is 46.3 Å². The Morgan fingerprint density at radius 2 is 1.73 bits per heavy atom. The van der Waals surface area contributed by atoms with Crippen molar-refractivity contribution in [2.75, 3.05) is 25.5 Å². The molecule has 37 heavy (non-hydrogen) atoms. The lowest BCUT2D eigenvalue weighted by Crippen LogP contribution is -2.50. The zero-order valence-electron chi connectivity index (χ0n) is 22.5. The van der Waals surface area contributed by atoms with E-state index in [0.29, 0.717) is 23.9 Å². The molecule has 2 amide bonds. The Morgan fingerprint density at radius 3 is 2.32 bits per heavy atom. The summed E-state index contributed by atoms with van der Waals surface area (Å²) in [4.78, 5) is 45.9. The second kappa shape index (κ2) is 12.9. The third-order valence-corrected chi connectivity index (χ3v) is 5.38. The van der Waals surface area contributed by atoms with E-state index in [1.165, 1.54) is 7.11 Å². The van der Waals surface area contributed by atoms with Gasteiger partial charge in [0, 0.05) is 6.54 Å². The van der Waals surface area contributed by atoms with E-state index in [9.17, 15) is 19.5 Å². The van der Waals surface area contributed by atoms with E-state index in [2.05, 4.69) is 25.9 Å². The fourth-order valence-electron chi connectivity index (χ4n) is 3.60. The van der Waals surface area contributed by atoms with Crippen LogP contribution in [0.25, 0.3) is 0 Å². The van der Waals surface area contributed by atoms with Crippen molar-refractivity contribution in [3.8, 4) is 5.75 Å². The average Bonchev–Trinajstić information content (AvgIpc) is 2.79. The number of carbonyl (C=O) groups is 3. The molecule has 1 atom stereocenters. The van der Waals surface area contributed by atoms with Crippen LogP contribution >= 0.6 is 0 Å². The van der Waals surface area contributed by atoms with Gasteiger partial charge in [0.05, 0.1) is 30.6 Å². The fraction of sp³-hybridized carbons (Fsp3) is 0.500. The van der Waals surface area contributed by atoms with Crippen molar-refractivity contribution < 1.29 is 29.0 Å². The van der Waals surface area contributed by atoms with Crippen LogP contribution in [-0.4, -0.2) is 64.9 Å². The molecule has 202 valence electrons. The maximum Gasteiger partial charge on any atom is 0.407 e. The molecule has 1 heterocycles. The Morgan fingerprint density at radius 1 is 1.08 bits per heavy atom. The summed E-state index contributed by atoms with van der Waals surface area (Å²) in [5, 5.41) is 17.9. The molecule has 0 saturated carbocycles. The SMILES string of the molecule is COC(=O)[C@H](CNC(=O)OC(C)(C)C)NC(=O)c1c(C)nc(NCCCc2cc(O)ccc2C)nc1C. The molecule has 0 aliphatic carbocycles. The number of anilines is 1. The Labute approximate surface area is 217 Å². The van der Waals surface area contributed by atoms with Gasteiger partial charge in [0.1, 0.15) is 17.4 Å². The van der Waals surface area contributed by atoms with E-state index < -0.39 is 29.6 Å². The van der Waals surface area contributed by atoms with Crippen molar-refractivity contribution >= 4 is 23.9 Å². The number of benzene rings is 1. The van der Waals surface area contributed by atoms with Crippen molar-refractivity contribution in [3.63, 3.8) is 0 Å². The van der Waals surface area contributed by atoms with Gasteiger partial charge in [-0.1, -0.05) is 6.07 Å². The van der Waals surface area contributed by atoms with E-state index >= 15 is 0 Å². The maximum atomic E-state index is 13.0. The number of amides is 2. The monoisotopic (exact) mass is 515 g/mol. The van der Waals surface area contributed by atoms with Crippen LogP contribution in [0.5, 0.6) is 5.75 Å². The number of phenolic OH excluding ortho intramolecular Hbond substituents is 1. The number of phenols is 1. The second-order valence-electron chi connectivity index (χ2n) is 9.67. The standard InChI is InChI=1S/C26H37N5O6/c1-15-10-11-19(32)13-18(15)9-8-12-27-24-29-16(2)21(17(3)30-24)22(33)31-20(23(34)36-7)14-28-25(35)37-26(4,5)6/h10-11,13,20,32H,8-9,12,14H2,1-7H3,(H,28,35)(H,31,33)(H,27,29,30)/t20-/m0/s1. The van der Waals surface area contributed by atoms with Crippen molar-refractivity contribution in [1.82, 2.24) is 20.6 Å². The van der Waals surface area contributed by atoms with Gasteiger partial charge >= 0.3 is 12.1 Å². The average molecular weight is 516 g/mol. The third kappa shape index (κ3) is 9.25. The van der Waals surface area contributed by atoms with Crippen LogP contribution in [0.1, 0.15) is 60.1 Å². The summed E-state index contributed by atoms with van der Waals surface area (Å²) in [6, 6.07) is 4.18. The lowest BCUT2D eigenvalue weighted by molar-refractivity contribution is -0.142. The van der Waals surface area contributed by atoms with Gasteiger partial charge in [-0.25, -0.2) is 19.6 Å². The molecule has 0 aliphatic rings. The molecule has 11 nitrogen and oxygen atoms in total. The number of aromatic hydroxyl groups is 1. The van der Waals surface area contributed by atoms with Gasteiger partial charge in [0.2, 0.25) is 5.95 Å². The molecule has 0 fully saturated rings. The number of methoxy groups -OCH3 is 1. The molecule has 11 heteroatoms. The predicted octanol–water partition coefficient (Wildman–Crippen LogP) is 2.95. The summed E-state index contributed by atoms with van der Waals surface area (Å²) in [6.07, 6.45) is 0.846. The zero-order chi connectivity index (χ0) is 27.8. The molecule has 4 N–H and O–H groups in total. The van der Waals surface area contributed by atoms with Gasteiger partial charge in [-0.2, -0.15) is 0 Å². The first-order chi connectivity index (χ1) is 17.3. The first kappa shape index (κ1) is 29.3. The van der Waals surface area contributed by atoms with Gasteiger partial charge in [0.15, 0.2) is 0 Å². The number of esters is 1. The minimum Gasteiger partial charge on any atom is -0.508 e. The lowest BCUT2D eigenvalue weighted by atomic mass is 10.0. The molecule has 1 aromatic heterocycles. The first-order valence-electron chi connectivity index (χ1n) is 12.0. The predicted molar refractivity (Wildman–Crippen MR) is 139 cm³/mol. The van der Waals surface area contributed by atoms with Crippen LogP contribution in [0.4, 0.5) is 10.7 Å². The van der Waals surface area contributed by atoms with Crippen molar-refractivity contribution in [2.24, 2.45) is 0 Å². The molecular formula is C26H37N5O6. The summed E-state index contributed by atoms with van der Waals surface area (Å²) in [7, 11) is 1.19. The number of carbonyl (C=O) groups excluding carboxylic acids is 3. The summed E-state index contributed by atoms with van der Waals surface area (Å²) in [6.45, 7) is 10.9. The quantitative estimate of drug-likeness (QED) is 0.276. The highest BCUT2D eigenvalue weighted by Gasteiger charge is 2.26. The Kier molecular flexibility index (Phi) is 10.2. The highest BCUT2D eigenvalue weighted by molar-refractivity contribution is 5.98. The number of hydrogen-bond acceptors (Lipinski definition) is 9. The van der Waals surface area contributed by atoms with Crippen molar-refractivity contribution in [1.29, 1.82) is 0 Å².